The largest absolute Gasteiger partial charge is 0.489 e. The summed E-state index contributed by atoms with van der Waals surface area (Å²) in [7, 11) is 0.395. The quantitative estimate of drug-likeness (QED) is 0.720. The summed E-state index contributed by atoms with van der Waals surface area (Å²) in [6.45, 7) is 0. The van der Waals surface area contributed by atoms with Crippen LogP contribution in [-0.2, 0) is 0 Å². The highest BCUT2D eigenvalue weighted by Crippen LogP contribution is 2.61. The maximum atomic E-state index is 10.7. The van der Waals surface area contributed by atoms with E-state index in [1.807, 2.05) is 0 Å². The van der Waals surface area contributed by atoms with Gasteiger partial charge in [0, 0.05) is 0 Å². The summed E-state index contributed by atoms with van der Waals surface area (Å²) in [5, 5.41) is 8.82. The second-order valence-corrected chi connectivity index (χ2v) is 6.31. The molecule has 0 unspecified atom stereocenters. The Labute approximate surface area is 91.7 Å². The van der Waals surface area contributed by atoms with Gasteiger partial charge in [0.25, 0.3) is 7.28 Å². The van der Waals surface area contributed by atoms with Crippen molar-refractivity contribution in [3.8, 4) is 0 Å². The van der Waals surface area contributed by atoms with Gasteiger partial charge in [0.15, 0.2) is 0 Å². The van der Waals surface area contributed by atoms with Gasteiger partial charge in [0.1, 0.15) is 0 Å². The van der Waals surface area contributed by atoms with Crippen molar-refractivity contribution in [2.45, 2.75) is 44.8 Å². The van der Waals surface area contributed by atoms with Gasteiger partial charge in [-0.25, -0.2) is 0 Å². The molecule has 4 bridgehead atoms. The average molecular weight is 206 g/mol. The predicted octanol–water partition coefficient (Wildman–Crippen LogP) is 2.74. The van der Waals surface area contributed by atoms with Crippen molar-refractivity contribution in [3.63, 3.8) is 0 Å². The Kier molecular flexibility index (Phi) is 2.12. The summed E-state index contributed by atoms with van der Waals surface area (Å²) < 4.78 is 0. The molecule has 4 saturated carbocycles. The second kappa shape index (κ2) is 3.26. The molecule has 0 aliphatic heterocycles. The molecule has 0 heterocycles. The van der Waals surface area contributed by atoms with Crippen LogP contribution in [0.2, 0.25) is 6.32 Å². The lowest BCUT2D eigenvalue weighted by atomic mass is 9.45. The standard InChI is InChI=1S/C12H19BO2/c14-11(15)13-7-12-4-8-1-9(5-12)3-10(2-8)6-12/h8-10,13H,1-7H2,(H,14,15). The molecule has 4 rings (SSSR count). The minimum Gasteiger partial charge on any atom is -0.489 e. The molecule has 0 aromatic heterocycles. The fraction of sp³-hybridized carbons (Fsp3) is 0.917. The van der Waals surface area contributed by atoms with Crippen molar-refractivity contribution < 1.29 is 9.90 Å². The molecule has 0 atom stereocenters. The zero-order valence-electron chi connectivity index (χ0n) is 9.24. The van der Waals surface area contributed by atoms with Crippen LogP contribution in [0.4, 0.5) is 4.79 Å². The lowest BCUT2D eigenvalue weighted by Crippen LogP contribution is -2.46. The Morgan fingerprint density at radius 3 is 2.00 bits per heavy atom. The minimum absolute atomic E-state index is 0.395. The molecule has 2 nitrogen and oxygen atoms in total. The van der Waals surface area contributed by atoms with Crippen molar-refractivity contribution >= 4 is 13.1 Å². The van der Waals surface area contributed by atoms with Crippen molar-refractivity contribution in [1.82, 2.24) is 0 Å². The smallest absolute Gasteiger partial charge is 0.260 e. The Morgan fingerprint density at radius 1 is 1.13 bits per heavy atom. The van der Waals surface area contributed by atoms with Gasteiger partial charge in [0.05, 0.1) is 0 Å². The number of rotatable bonds is 3. The van der Waals surface area contributed by atoms with Gasteiger partial charge in [-0.1, -0.05) is 6.32 Å². The monoisotopic (exact) mass is 206 g/mol. The van der Waals surface area contributed by atoms with Gasteiger partial charge in [-0.3, -0.25) is 4.79 Å². The topological polar surface area (TPSA) is 37.3 Å². The van der Waals surface area contributed by atoms with Crippen LogP contribution in [0.1, 0.15) is 38.5 Å². The molecule has 4 aliphatic carbocycles. The minimum atomic E-state index is -0.606. The van der Waals surface area contributed by atoms with E-state index in [0.717, 1.165) is 24.1 Å². The molecule has 0 amide bonds. The number of hydrogen-bond acceptors (Lipinski definition) is 1. The third-order valence-electron chi connectivity index (χ3n) is 5.03. The first-order chi connectivity index (χ1) is 7.15. The van der Waals surface area contributed by atoms with Crippen molar-refractivity contribution in [2.75, 3.05) is 0 Å². The van der Waals surface area contributed by atoms with Crippen LogP contribution < -0.4 is 0 Å². The van der Waals surface area contributed by atoms with Gasteiger partial charge in [-0.15, -0.1) is 0 Å². The van der Waals surface area contributed by atoms with Gasteiger partial charge in [-0.2, -0.15) is 0 Å². The van der Waals surface area contributed by atoms with Crippen LogP contribution in [-0.4, -0.2) is 18.3 Å². The number of carboxylic acid groups (broad SMARTS) is 1. The fourth-order valence-corrected chi connectivity index (χ4v) is 4.97. The zero-order chi connectivity index (χ0) is 10.5. The first-order valence-corrected chi connectivity index (χ1v) is 6.37. The molecule has 4 aliphatic rings. The molecule has 82 valence electrons. The van der Waals surface area contributed by atoms with Gasteiger partial charge in [0.2, 0.25) is 5.87 Å². The molecule has 15 heavy (non-hydrogen) atoms. The zero-order valence-corrected chi connectivity index (χ0v) is 9.24. The predicted molar refractivity (Wildman–Crippen MR) is 60.6 cm³/mol. The Hall–Kier alpha value is -0.465. The van der Waals surface area contributed by atoms with E-state index in [4.69, 9.17) is 5.11 Å². The number of carbonyl (C=O) groups is 1. The van der Waals surface area contributed by atoms with Crippen molar-refractivity contribution in [2.24, 2.45) is 23.2 Å². The van der Waals surface area contributed by atoms with Crippen LogP contribution in [0, 0.1) is 23.2 Å². The first-order valence-electron chi connectivity index (χ1n) is 6.37. The third kappa shape index (κ3) is 1.70. The lowest BCUT2D eigenvalue weighted by Gasteiger charge is -2.57. The normalized spacial score (nSPS) is 46.8. The molecule has 0 saturated heterocycles. The highest BCUT2D eigenvalue weighted by atomic mass is 16.4. The Bertz CT molecular complexity index is 252. The van der Waals surface area contributed by atoms with Crippen LogP contribution in [0.15, 0.2) is 0 Å². The van der Waals surface area contributed by atoms with E-state index < -0.39 is 5.87 Å². The van der Waals surface area contributed by atoms with E-state index in [1.54, 1.807) is 0 Å². The average Bonchev–Trinajstić information content (AvgIpc) is 2.12. The summed E-state index contributed by atoms with van der Waals surface area (Å²) >= 11 is 0. The molecule has 0 radical (unpaired) electrons. The summed E-state index contributed by atoms with van der Waals surface area (Å²) in [6, 6.07) is 0. The van der Waals surface area contributed by atoms with Crippen molar-refractivity contribution in [1.29, 1.82) is 0 Å². The van der Waals surface area contributed by atoms with Crippen molar-refractivity contribution in [3.05, 3.63) is 0 Å². The van der Waals surface area contributed by atoms with E-state index in [-0.39, 0.29) is 0 Å². The van der Waals surface area contributed by atoms with Gasteiger partial charge in [-0.05, 0) is 61.7 Å². The molecule has 0 aromatic rings. The van der Waals surface area contributed by atoms with Gasteiger partial charge < -0.3 is 5.11 Å². The first kappa shape index (κ1) is 9.74. The number of hydrogen-bond donors (Lipinski definition) is 1. The van der Waals surface area contributed by atoms with E-state index in [2.05, 4.69) is 0 Å². The van der Waals surface area contributed by atoms with Crippen LogP contribution in [0.5, 0.6) is 0 Å². The Balaban J connectivity index is 1.72. The van der Waals surface area contributed by atoms with Gasteiger partial charge >= 0.3 is 0 Å². The maximum absolute atomic E-state index is 10.7. The fourth-order valence-electron chi connectivity index (χ4n) is 4.97. The molecule has 4 fully saturated rings. The van der Waals surface area contributed by atoms with E-state index in [9.17, 15) is 4.79 Å². The summed E-state index contributed by atoms with van der Waals surface area (Å²) in [6.07, 6.45) is 9.32. The highest BCUT2D eigenvalue weighted by Gasteiger charge is 2.50. The van der Waals surface area contributed by atoms with E-state index in [0.29, 0.717) is 12.7 Å². The molecular formula is C12H19BO2. The second-order valence-electron chi connectivity index (χ2n) is 6.31. The summed E-state index contributed by atoms with van der Waals surface area (Å²) in [5.74, 6) is 2.24. The molecule has 1 N–H and O–H groups in total. The Morgan fingerprint density at radius 2 is 1.60 bits per heavy atom. The third-order valence-corrected chi connectivity index (χ3v) is 5.03. The van der Waals surface area contributed by atoms with E-state index >= 15 is 0 Å². The molecule has 0 aromatic carbocycles. The maximum Gasteiger partial charge on any atom is 0.260 e. The van der Waals surface area contributed by atoms with Crippen LogP contribution in [0.3, 0.4) is 0 Å². The highest BCUT2D eigenvalue weighted by molar-refractivity contribution is 6.71. The van der Waals surface area contributed by atoms with Crippen LogP contribution in [0.25, 0.3) is 0 Å². The molecular weight excluding hydrogens is 187 g/mol. The SMILES string of the molecule is O=C(O)BCC12CC3CC(CC(C3)C1)C2. The van der Waals surface area contributed by atoms with Crippen LogP contribution >= 0.6 is 0 Å². The van der Waals surface area contributed by atoms with E-state index in [1.165, 1.54) is 38.5 Å². The molecule has 3 heteroatoms. The summed E-state index contributed by atoms with van der Waals surface area (Å²) in [4.78, 5) is 10.7. The molecule has 0 spiro atoms. The lowest BCUT2D eigenvalue weighted by molar-refractivity contribution is -0.0410. The summed E-state index contributed by atoms with van der Waals surface area (Å²) in [5.41, 5.74) is 0.452.